The molecule has 0 unspecified atom stereocenters. The summed E-state index contributed by atoms with van der Waals surface area (Å²) in [4.78, 5) is 12.0. The first-order chi connectivity index (χ1) is 24.5. The summed E-state index contributed by atoms with van der Waals surface area (Å²) in [5.74, 6) is 2.10. The minimum atomic E-state index is 0.243. The van der Waals surface area contributed by atoms with Crippen LogP contribution < -0.4 is 19.5 Å². The van der Waals surface area contributed by atoms with Gasteiger partial charge in [-0.1, -0.05) is 41.9 Å². The van der Waals surface area contributed by atoms with Gasteiger partial charge in [0.2, 0.25) is 0 Å². The third-order valence-corrected chi connectivity index (χ3v) is 10.1. The molecule has 0 amide bonds. The molecule has 258 valence electrons. The van der Waals surface area contributed by atoms with E-state index in [1.807, 2.05) is 23.8 Å². The van der Waals surface area contributed by atoms with Crippen molar-refractivity contribution >= 4 is 22.9 Å². The van der Waals surface area contributed by atoms with Gasteiger partial charge in [-0.15, -0.1) is 11.3 Å². The van der Waals surface area contributed by atoms with Gasteiger partial charge in [-0.2, -0.15) is 5.26 Å². The largest absolute Gasteiger partial charge is 0.493 e. The standard InChI is InChI=1S/C40H42ClN5O3S/c1-28-32(8-5-9-35(28)36-10-6-11-38(29(36)2)47-15-7-14-46-12-3-4-13-46)26-49-40-18-39(48-25-31-16-30(19-42)20-43-21-31)33(17-37(40)41)22-44-23-34-24-45-27-50-34/h5-6,8-11,16-18,20-21,24,27,44H,3-4,7,12-15,22-23,25-26H2,1-2H3. The van der Waals surface area contributed by atoms with Crippen molar-refractivity contribution in [3.63, 3.8) is 0 Å². The van der Waals surface area contributed by atoms with Crippen LogP contribution in [0.1, 0.15) is 57.5 Å². The molecule has 6 rings (SSSR count). The summed E-state index contributed by atoms with van der Waals surface area (Å²) < 4.78 is 18.9. The molecular formula is C40H42ClN5O3S. The Morgan fingerprint density at radius 3 is 2.44 bits per heavy atom. The van der Waals surface area contributed by atoms with Gasteiger partial charge >= 0.3 is 0 Å². The number of hydrogen-bond acceptors (Lipinski definition) is 9. The van der Waals surface area contributed by atoms with Gasteiger partial charge in [0.15, 0.2) is 0 Å². The van der Waals surface area contributed by atoms with E-state index in [2.05, 4.69) is 76.5 Å². The molecule has 0 aliphatic carbocycles. The fourth-order valence-corrected chi connectivity index (χ4v) is 7.03. The van der Waals surface area contributed by atoms with E-state index >= 15 is 0 Å². The number of likely N-dealkylation sites (tertiary alicyclic amines) is 1. The zero-order valence-electron chi connectivity index (χ0n) is 28.6. The highest BCUT2D eigenvalue weighted by atomic mass is 35.5. The van der Waals surface area contributed by atoms with Crippen molar-refractivity contribution in [1.29, 1.82) is 5.26 Å². The van der Waals surface area contributed by atoms with E-state index in [0.717, 1.165) is 62.5 Å². The normalized spacial score (nSPS) is 12.9. The van der Waals surface area contributed by atoms with Crippen LogP contribution in [0.5, 0.6) is 17.2 Å². The topological polar surface area (TPSA) is 92.5 Å². The average Bonchev–Trinajstić information content (AvgIpc) is 3.86. The molecule has 1 fully saturated rings. The third kappa shape index (κ3) is 9.20. The molecule has 50 heavy (non-hydrogen) atoms. The first-order valence-electron chi connectivity index (χ1n) is 17.0. The summed E-state index contributed by atoms with van der Waals surface area (Å²) in [5, 5.41) is 13.3. The average molecular weight is 708 g/mol. The maximum absolute atomic E-state index is 9.30. The number of benzene rings is 3. The molecule has 2 aromatic heterocycles. The Morgan fingerprint density at radius 2 is 1.64 bits per heavy atom. The van der Waals surface area contributed by atoms with Crippen LogP contribution in [0.25, 0.3) is 11.1 Å². The molecule has 0 spiro atoms. The van der Waals surface area contributed by atoms with Crippen LogP contribution in [0.15, 0.2) is 78.7 Å². The second-order valence-corrected chi connectivity index (χ2v) is 13.9. The number of halogens is 1. The van der Waals surface area contributed by atoms with Gasteiger partial charge in [-0.05, 0) is 92.2 Å². The van der Waals surface area contributed by atoms with E-state index in [9.17, 15) is 5.26 Å². The second kappa shape index (κ2) is 17.5. The van der Waals surface area contributed by atoms with Crippen molar-refractivity contribution in [1.82, 2.24) is 20.2 Å². The number of nitriles is 1. The Labute approximate surface area is 303 Å². The van der Waals surface area contributed by atoms with Gasteiger partial charge in [-0.3, -0.25) is 9.97 Å². The van der Waals surface area contributed by atoms with Crippen molar-refractivity contribution in [3.8, 4) is 34.4 Å². The van der Waals surface area contributed by atoms with E-state index < -0.39 is 0 Å². The summed E-state index contributed by atoms with van der Waals surface area (Å²) in [7, 11) is 0. The van der Waals surface area contributed by atoms with E-state index in [-0.39, 0.29) is 6.61 Å². The molecule has 1 aliphatic heterocycles. The molecule has 0 atom stereocenters. The van der Waals surface area contributed by atoms with Gasteiger partial charge < -0.3 is 24.4 Å². The minimum absolute atomic E-state index is 0.243. The first kappa shape index (κ1) is 35.4. The summed E-state index contributed by atoms with van der Waals surface area (Å²) in [6, 6.07) is 20.2. The van der Waals surface area contributed by atoms with Crippen molar-refractivity contribution in [2.75, 3.05) is 26.2 Å². The molecule has 10 heteroatoms. The molecule has 1 N–H and O–H groups in total. The summed E-state index contributed by atoms with van der Waals surface area (Å²) >= 11 is 8.42. The molecule has 1 aliphatic rings. The molecule has 3 heterocycles. The predicted molar refractivity (Wildman–Crippen MR) is 199 cm³/mol. The first-order valence-corrected chi connectivity index (χ1v) is 18.3. The van der Waals surface area contributed by atoms with Crippen molar-refractivity contribution in [2.45, 2.75) is 59.4 Å². The van der Waals surface area contributed by atoms with Crippen LogP contribution in [0.4, 0.5) is 0 Å². The second-order valence-electron chi connectivity index (χ2n) is 12.5. The van der Waals surface area contributed by atoms with Gasteiger partial charge in [0.1, 0.15) is 36.5 Å². The van der Waals surface area contributed by atoms with Crippen molar-refractivity contribution < 1.29 is 14.2 Å². The lowest BCUT2D eigenvalue weighted by Crippen LogP contribution is -2.22. The number of hydrogen-bond donors (Lipinski definition) is 1. The lowest BCUT2D eigenvalue weighted by Gasteiger charge is -2.19. The van der Waals surface area contributed by atoms with E-state index in [1.54, 1.807) is 23.6 Å². The highest BCUT2D eigenvalue weighted by Crippen LogP contribution is 2.36. The van der Waals surface area contributed by atoms with Crippen LogP contribution in [0, 0.1) is 25.2 Å². The number of aromatic nitrogens is 2. The number of rotatable bonds is 16. The summed E-state index contributed by atoms with van der Waals surface area (Å²) in [6.07, 6.45) is 8.74. The van der Waals surface area contributed by atoms with E-state index in [1.165, 1.54) is 32.1 Å². The SMILES string of the molecule is Cc1c(COc2cc(OCc3cncc(C#N)c3)c(CNCc3cncs3)cc2Cl)cccc1-c1cccc(OCCCN2CCCC2)c1C. The Balaban J connectivity index is 1.16. The monoisotopic (exact) mass is 707 g/mol. The van der Waals surface area contributed by atoms with Crippen LogP contribution >= 0.6 is 22.9 Å². The maximum Gasteiger partial charge on any atom is 0.142 e. The fraction of sp³-hybridized carbons (Fsp3) is 0.325. The van der Waals surface area contributed by atoms with Gasteiger partial charge in [-0.25, -0.2) is 0 Å². The zero-order valence-corrected chi connectivity index (χ0v) is 30.2. The third-order valence-electron chi connectivity index (χ3n) is 9.01. The molecule has 0 saturated carbocycles. The predicted octanol–water partition coefficient (Wildman–Crippen LogP) is 8.66. The van der Waals surface area contributed by atoms with Crippen LogP contribution in [0.2, 0.25) is 5.02 Å². The lowest BCUT2D eigenvalue weighted by atomic mass is 9.93. The number of thiazole rings is 1. The van der Waals surface area contributed by atoms with E-state index in [0.29, 0.717) is 48.4 Å². The Hall–Kier alpha value is -4.46. The van der Waals surface area contributed by atoms with Crippen molar-refractivity contribution in [2.24, 2.45) is 0 Å². The molecule has 0 bridgehead atoms. The van der Waals surface area contributed by atoms with Crippen LogP contribution in [-0.2, 0) is 26.3 Å². The summed E-state index contributed by atoms with van der Waals surface area (Å²) in [6.45, 7) is 10.3. The zero-order chi connectivity index (χ0) is 34.7. The smallest absolute Gasteiger partial charge is 0.142 e. The van der Waals surface area contributed by atoms with Crippen LogP contribution in [-0.4, -0.2) is 41.1 Å². The Morgan fingerprint density at radius 1 is 0.840 bits per heavy atom. The molecule has 8 nitrogen and oxygen atoms in total. The number of nitrogens with zero attached hydrogens (tertiary/aromatic N) is 4. The molecule has 0 radical (unpaired) electrons. The Bertz CT molecular complexity index is 1920. The van der Waals surface area contributed by atoms with Gasteiger partial charge in [0, 0.05) is 60.3 Å². The van der Waals surface area contributed by atoms with Gasteiger partial charge in [0.25, 0.3) is 0 Å². The highest BCUT2D eigenvalue weighted by molar-refractivity contribution is 7.09. The number of pyridine rings is 1. The molecule has 1 saturated heterocycles. The molecule has 5 aromatic rings. The molecule has 3 aromatic carbocycles. The van der Waals surface area contributed by atoms with Gasteiger partial charge in [0.05, 0.1) is 22.7 Å². The van der Waals surface area contributed by atoms with E-state index in [4.69, 9.17) is 25.8 Å². The van der Waals surface area contributed by atoms with Crippen LogP contribution in [0.3, 0.4) is 0 Å². The maximum atomic E-state index is 9.30. The number of ether oxygens (including phenoxy) is 3. The minimum Gasteiger partial charge on any atom is -0.493 e. The lowest BCUT2D eigenvalue weighted by molar-refractivity contribution is 0.262. The number of nitrogens with one attached hydrogen (secondary N) is 1. The Kier molecular flexibility index (Phi) is 12.4. The molecular weight excluding hydrogens is 666 g/mol. The fourth-order valence-electron chi connectivity index (χ4n) is 6.22. The van der Waals surface area contributed by atoms with Crippen molar-refractivity contribution in [3.05, 3.63) is 122 Å². The highest BCUT2D eigenvalue weighted by Gasteiger charge is 2.16. The summed E-state index contributed by atoms with van der Waals surface area (Å²) in [5.41, 5.74) is 9.63. The quantitative estimate of drug-likeness (QED) is 0.102.